The minimum Gasteiger partial charge on any atom is -0.338 e. The molecule has 160 valence electrons. The number of sulfonamides is 1. The molecule has 1 aromatic carbocycles. The first-order valence-corrected chi connectivity index (χ1v) is 11.0. The Kier molecular flexibility index (Phi) is 6.59. The quantitative estimate of drug-likeness (QED) is 0.669. The van der Waals surface area contributed by atoms with Crippen LogP contribution in [0.1, 0.15) is 31.2 Å². The van der Waals surface area contributed by atoms with Crippen molar-refractivity contribution in [3.8, 4) is 11.4 Å². The van der Waals surface area contributed by atoms with Gasteiger partial charge in [0.1, 0.15) is 0 Å². The summed E-state index contributed by atoms with van der Waals surface area (Å²) < 4.78 is 69.8. The van der Waals surface area contributed by atoms with Crippen LogP contribution >= 0.6 is 0 Å². The van der Waals surface area contributed by atoms with Crippen molar-refractivity contribution in [1.82, 2.24) is 19.3 Å². The predicted molar refractivity (Wildman–Crippen MR) is 100 cm³/mol. The van der Waals surface area contributed by atoms with Gasteiger partial charge < -0.3 is 4.52 Å². The van der Waals surface area contributed by atoms with Gasteiger partial charge in [0.2, 0.25) is 21.7 Å². The fourth-order valence-electron chi connectivity index (χ4n) is 3.08. The van der Waals surface area contributed by atoms with E-state index in [4.69, 9.17) is 4.52 Å². The van der Waals surface area contributed by atoms with Crippen molar-refractivity contribution in [2.45, 2.75) is 32.5 Å². The molecule has 0 N–H and O–H groups in total. The monoisotopic (exact) mass is 432 g/mol. The van der Waals surface area contributed by atoms with Crippen LogP contribution < -0.4 is 0 Å². The maximum Gasteiger partial charge on any atom is 0.416 e. The summed E-state index contributed by atoms with van der Waals surface area (Å²) in [6.07, 6.45) is -2.98. The topological polar surface area (TPSA) is 79.5 Å². The van der Waals surface area contributed by atoms with Crippen molar-refractivity contribution in [3.63, 3.8) is 0 Å². The first kappa shape index (κ1) is 21.7. The number of alkyl halides is 3. The van der Waals surface area contributed by atoms with Crippen molar-refractivity contribution < 1.29 is 26.1 Å². The average Bonchev–Trinajstić information content (AvgIpc) is 3.15. The first-order chi connectivity index (χ1) is 13.7. The summed E-state index contributed by atoms with van der Waals surface area (Å²) in [5, 5.41) is 3.78. The molecule has 0 unspecified atom stereocenters. The van der Waals surface area contributed by atoms with E-state index in [0.717, 1.165) is 18.6 Å². The lowest BCUT2D eigenvalue weighted by Gasteiger charge is -2.33. The molecule has 0 amide bonds. The van der Waals surface area contributed by atoms with E-state index < -0.39 is 21.8 Å². The number of hydrogen-bond acceptors (Lipinski definition) is 6. The maximum atomic E-state index is 12.9. The normalized spacial score (nSPS) is 17.0. The number of piperazine rings is 1. The van der Waals surface area contributed by atoms with Gasteiger partial charge in [0.15, 0.2) is 0 Å². The summed E-state index contributed by atoms with van der Waals surface area (Å²) in [5.74, 6) is 0.527. The number of aromatic nitrogens is 2. The number of halogens is 3. The highest BCUT2D eigenvalue weighted by atomic mass is 32.2. The lowest BCUT2D eigenvalue weighted by atomic mass is 10.1. The van der Waals surface area contributed by atoms with E-state index in [9.17, 15) is 21.6 Å². The predicted octanol–water partition coefficient (Wildman–Crippen LogP) is 3.00. The second-order valence-electron chi connectivity index (χ2n) is 6.94. The van der Waals surface area contributed by atoms with E-state index in [-0.39, 0.29) is 23.0 Å². The van der Waals surface area contributed by atoms with Crippen LogP contribution in [0.5, 0.6) is 0 Å². The Bertz CT molecular complexity index is 922. The summed E-state index contributed by atoms with van der Waals surface area (Å²) in [5.41, 5.74) is -0.552. The Morgan fingerprint density at radius 2 is 1.90 bits per heavy atom. The van der Waals surface area contributed by atoms with E-state index in [0.29, 0.717) is 39.1 Å². The zero-order chi connectivity index (χ0) is 21.1. The lowest BCUT2D eigenvalue weighted by molar-refractivity contribution is -0.137. The molecule has 1 fully saturated rings. The van der Waals surface area contributed by atoms with E-state index in [1.165, 1.54) is 16.4 Å². The third kappa shape index (κ3) is 5.55. The highest BCUT2D eigenvalue weighted by Crippen LogP contribution is 2.31. The van der Waals surface area contributed by atoms with Crippen LogP contribution in [0.15, 0.2) is 28.8 Å². The van der Waals surface area contributed by atoms with Crippen LogP contribution in [0.2, 0.25) is 0 Å². The van der Waals surface area contributed by atoms with Gasteiger partial charge in [-0.05, 0) is 18.6 Å². The minimum absolute atomic E-state index is 0.0897. The smallest absolute Gasteiger partial charge is 0.338 e. The van der Waals surface area contributed by atoms with Crippen molar-refractivity contribution in [1.29, 1.82) is 0 Å². The highest BCUT2D eigenvalue weighted by molar-refractivity contribution is 7.89. The van der Waals surface area contributed by atoms with Gasteiger partial charge in [0.05, 0.1) is 17.9 Å². The molecule has 0 atom stereocenters. The fourth-order valence-corrected chi connectivity index (χ4v) is 4.72. The van der Waals surface area contributed by atoms with Gasteiger partial charge in [0, 0.05) is 31.7 Å². The molecule has 1 aromatic heterocycles. The third-order valence-corrected chi connectivity index (χ3v) is 6.71. The zero-order valence-electron chi connectivity index (χ0n) is 16.0. The Balaban J connectivity index is 1.59. The summed E-state index contributed by atoms with van der Waals surface area (Å²) >= 11 is 0. The van der Waals surface area contributed by atoms with Crippen molar-refractivity contribution in [2.75, 3.05) is 31.9 Å². The molecule has 3 rings (SSSR count). The highest BCUT2D eigenvalue weighted by Gasteiger charge is 2.31. The molecular formula is C18H23F3N4O3S. The number of benzene rings is 1. The van der Waals surface area contributed by atoms with Crippen LogP contribution in [0.3, 0.4) is 0 Å². The van der Waals surface area contributed by atoms with Crippen molar-refractivity contribution in [3.05, 3.63) is 35.7 Å². The van der Waals surface area contributed by atoms with Crippen LogP contribution in [-0.2, 0) is 22.7 Å². The Morgan fingerprint density at radius 1 is 1.17 bits per heavy atom. The summed E-state index contributed by atoms with van der Waals surface area (Å²) in [6, 6.07) is 4.75. The average molecular weight is 432 g/mol. The Hall–Kier alpha value is -1.98. The third-order valence-electron chi connectivity index (χ3n) is 4.76. The Morgan fingerprint density at radius 3 is 2.55 bits per heavy atom. The molecule has 29 heavy (non-hydrogen) atoms. The van der Waals surface area contributed by atoms with E-state index >= 15 is 0 Å². The van der Waals surface area contributed by atoms with E-state index in [2.05, 4.69) is 10.1 Å². The van der Waals surface area contributed by atoms with E-state index in [1.807, 2.05) is 11.8 Å². The number of hydrogen-bond donors (Lipinski definition) is 0. The summed E-state index contributed by atoms with van der Waals surface area (Å²) in [7, 11) is -3.23. The number of unbranched alkanes of at least 4 members (excludes halogenated alkanes) is 1. The number of rotatable bonds is 7. The molecule has 0 spiro atoms. The van der Waals surface area contributed by atoms with Crippen LogP contribution in [0, 0.1) is 0 Å². The fraction of sp³-hybridized carbons (Fsp3) is 0.556. The van der Waals surface area contributed by atoms with Gasteiger partial charge in [0.25, 0.3) is 0 Å². The van der Waals surface area contributed by atoms with Gasteiger partial charge in [-0.25, -0.2) is 8.42 Å². The van der Waals surface area contributed by atoms with Gasteiger partial charge in [-0.3, -0.25) is 4.90 Å². The second-order valence-corrected chi connectivity index (χ2v) is 9.02. The van der Waals surface area contributed by atoms with Gasteiger partial charge in [-0.2, -0.15) is 22.5 Å². The SMILES string of the molecule is CCCCS(=O)(=O)N1CCN(Cc2nc(-c3cccc(C(F)(F)F)c3)no2)CC1. The second kappa shape index (κ2) is 8.80. The van der Waals surface area contributed by atoms with Gasteiger partial charge in [-0.15, -0.1) is 0 Å². The molecule has 0 bridgehead atoms. The molecule has 0 saturated carbocycles. The molecule has 1 aliphatic rings. The maximum absolute atomic E-state index is 12.9. The van der Waals surface area contributed by atoms with Crippen LogP contribution in [0.4, 0.5) is 13.2 Å². The molecule has 0 radical (unpaired) electrons. The van der Waals surface area contributed by atoms with E-state index in [1.54, 1.807) is 0 Å². The first-order valence-electron chi connectivity index (χ1n) is 9.39. The molecule has 2 aromatic rings. The minimum atomic E-state index is -4.44. The molecular weight excluding hydrogens is 409 g/mol. The van der Waals surface area contributed by atoms with Gasteiger partial charge >= 0.3 is 6.18 Å². The largest absolute Gasteiger partial charge is 0.416 e. The van der Waals surface area contributed by atoms with Crippen molar-refractivity contribution in [2.24, 2.45) is 0 Å². The summed E-state index contributed by atoms with van der Waals surface area (Å²) in [4.78, 5) is 6.17. The number of nitrogens with zero attached hydrogens (tertiary/aromatic N) is 4. The molecule has 1 saturated heterocycles. The molecule has 0 aliphatic carbocycles. The molecule has 7 nitrogen and oxygen atoms in total. The Labute approximate surface area is 167 Å². The zero-order valence-corrected chi connectivity index (χ0v) is 16.8. The molecule has 2 heterocycles. The van der Waals surface area contributed by atoms with Crippen molar-refractivity contribution >= 4 is 10.0 Å². The van der Waals surface area contributed by atoms with Crippen LogP contribution in [-0.4, -0.2) is 59.7 Å². The lowest BCUT2D eigenvalue weighted by Crippen LogP contribution is -2.48. The molecule has 1 aliphatic heterocycles. The standard InChI is InChI=1S/C18H23F3N4O3S/c1-2-3-11-29(26,27)25-9-7-24(8-10-25)13-16-22-17(23-28-16)14-5-4-6-15(12-14)18(19,20)21/h4-6,12H,2-3,7-11,13H2,1H3. The summed E-state index contributed by atoms with van der Waals surface area (Å²) in [6.45, 7) is 4.08. The van der Waals surface area contributed by atoms with Crippen LogP contribution in [0.25, 0.3) is 11.4 Å². The molecule has 11 heteroatoms. The van der Waals surface area contributed by atoms with Gasteiger partial charge in [-0.1, -0.05) is 30.6 Å².